The number of esters is 1. The van der Waals surface area contributed by atoms with Crippen LogP contribution in [0.15, 0.2) is 30.3 Å². The summed E-state index contributed by atoms with van der Waals surface area (Å²) in [5.41, 5.74) is 1.31. The van der Waals surface area contributed by atoms with Gasteiger partial charge in [-0.05, 0) is 31.2 Å². The quantitative estimate of drug-likeness (QED) is 0.749. The minimum atomic E-state index is -0.0367. The van der Waals surface area contributed by atoms with Crippen LogP contribution in [0.2, 0.25) is 0 Å². The Kier molecular flexibility index (Phi) is 4.80. The van der Waals surface area contributed by atoms with E-state index < -0.39 is 0 Å². The van der Waals surface area contributed by atoms with Gasteiger partial charge in [0, 0.05) is 12.3 Å². The van der Waals surface area contributed by atoms with Gasteiger partial charge in [0.05, 0.1) is 0 Å². The fourth-order valence-corrected chi connectivity index (χ4v) is 2.75. The van der Waals surface area contributed by atoms with Gasteiger partial charge in [-0.15, -0.1) is 0 Å². The van der Waals surface area contributed by atoms with E-state index in [1.807, 2.05) is 13.0 Å². The second-order valence-electron chi connectivity index (χ2n) is 5.08. The fraction of sp³-hybridized carbons (Fsp3) is 0.562. The molecule has 0 radical (unpaired) electrons. The highest BCUT2D eigenvalue weighted by Gasteiger charge is 2.29. The summed E-state index contributed by atoms with van der Waals surface area (Å²) in [7, 11) is 0. The molecule has 2 atom stereocenters. The van der Waals surface area contributed by atoms with Crippen LogP contribution < -0.4 is 0 Å². The zero-order chi connectivity index (χ0) is 12.8. The molecule has 1 aromatic rings. The summed E-state index contributed by atoms with van der Waals surface area (Å²) >= 11 is 0. The van der Waals surface area contributed by atoms with Gasteiger partial charge in [0.25, 0.3) is 0 Å². The van der Waals surface area contributed by atoms with Crippen LogP contribution in [0.4, 0.5) is 0 Å². The third kappa shape index (κ3) is 3.34. The lowest BCUT2D eigenvalue weighted by Gasteiger charge is -2.31. The molecule has 0 saturated heterocycles. The Labute approximate surface area is 109 Å². The molecule has 2 nitrogen and oxygen atoms in total. The highest BCUT2D eigenvalue weighted by atomic mass is 16.5. The standard InChI is InChI=1S/C16H22O2/c1-2-8-16(17)18-15-12-7-6-11-14(15)13-9-4-3-5-10-13/h3-5,9-10,14-15H,2,6-8,11-12H2,1H3. The van der Waals surface area contributed by atoms with Crippen LogP contribution in [0, 0.1) is 0 Å². The number of hydrogen-bond donors (Lipinski definition) is 0. The lowest BCUT2D eigenvalue weighted by atomic mass is 9.81. The summed E-state index contributed by atoms with van der Waals surface area (Å²) in [5.74, 6) is 0.353. The first-order valence-electron chi connectivity index (χ1n) is 7.05. The van der Waals surface area contributed by atoms with Crippen molar-refractivity contribution in [1.29, 1.82) is 0 Å². The molecule has 2 heteroatoms. The Morgan fingerprint density at radius 1 is 1.22 bits per heavy atom. The van der Waals surface area contributed by atoms with Crippen molar-refractivity contribution < 1.29 is 9.53 Å². The smallest absolute Gasteiger partial charge is 0.306 e. The van der Waals surface area contributed by atoms with Crippen molar-refractivity contribution in [2.75, 3.05) is 0 Å². The molecule has 1 aliphatic carbocycles. The van der Waals surface area contributed by atoms with Crippen molar-refractivity contribution in [2.45, 2.75) is 57.5 Å². The normalized spacial score (nSPS) is 23.6. The molecule has 0 amide bonds. The maximum Gasteiger partial charge on any atom is 0.306 e. The summed E-state index contributed by atoms with van der Waals surface area (Å²) in [6.45, 7) is 2.01. The predicted octanol–water partition coefficient (Wildman–Crippen LogP) is 4.06. The summed E-state index contributed by atoms with van der Waals surface area (Å²) in [6, 6.07) is 10.5. The molecule has 1 saturated carbocycles. The van der Waals surface area contributed by atoms with Crippen molar-refractivity contribution in [3.63, 3.8) is 0 Å². The molecule has 1 aromatic carbocycles. The Morgan fingerprint density at radius 3 is 2.67 bits per heavy atom. The van der Waals surface area contributed by atoms with Crippen molar-refractivity contribution in [2.24, 2.45) is 0 Å². The van der Waals surface area contributed by atoms with Crippen LogP contribution in [0.5, 0.6) is 0 Å². The third-order valence-corrected chi connectivity index (χ3v) is 3.67. The first kappa shape index (κ1) is 13.1. The number of rotatable bonds is 4. The maximum absolute atomic E-state index is 11.7. The second-order valence-corrected chi connectivity index (χ2v) is 5.08. The molecular weight excluding hydrogens is 224 g/mol. The van der Waals surface area contributed by atoms with E-state index in [4.69, 9.17) is 4.74 Å². The van der Waals surface area contributed by atoms with Gasteiger partial charge in [0.2, 0.25) is 0 Å². The van der Waals surface area contributed by atoms with Gasteiger partial charge in [0.1, 0.15) is 6.10 Å². The van der Waals surface area contributed by atoms with Gasteiger partial charge in [0.15, 0.2) is 0 Å². The Balaban J connectivity index is 2.04. The van der Waals surface area contributed by atoms with Gasteiger partial charge in [-0.3, -0.25) is 4.79 Å². The van der Waals surface area contributed by atoms with Crippen LogP contribution in [-0.4, -0.2) is 12.1 Å². The van der Waals surface area contributed by atoms with Gasteiger partial charge >= 0.3 is 5.97 Å². The lowest BCUT2D eigenvalue weighted by Crippen LogP contribution is -2.28. The number of carbonyl (C=O) groups is 1. The molecule has 2 unspecified atom stereocenters. The highest BCUT2D eigenvalue weighted by molar-refractivity contribution is 5.69. The lowest BCUT2D eigenvalue weighted by molar-refractivity contribution is -0.151. The van der Waals surface area contributed by atoms with Crippen molar-refractivity contribution in [3.8, 4) is 0 Å². The molecular formula is C16H22O2. The number of benzene rings is 1. The molecule has 18 heavy (non-hydrogen) atoms. The average Bonchev–Trinajstić information content (AvgIpc) is 2.40. The van der Waals surface area contributed by atoms with Crippen LogP contribution in [-0.2, 0) is 9.53 Å². The zero-order valence-electron chi connectivity index (χ0n) is 11.1. The van der Waals surface area contributed by atoms with E-state index in [9.17, 15) is 4.79 Å². The molecule has 0 aromatic heterocycles. The minimum Gasteiger partial charge on any atom is -0.462 e. The SMILES string of the molecule is CCCC(=O)OC1CCCCC1c1ccccc1. The van der Waals surface area contributed by atoms with E-state index in [0.29, 0.717) is 12.3 Å². The molecule has 2 rings (SSSR count). The zero-order valence-corrected chi connectivity index (χ0v) is 11.1. The second kappa shape index (κ2) is 6.58. The average molecular weight is 246 g/mol. The third-order valence-electron chi connectivity index (χ3n) is 3.67. The highest BCUT2D eigenvalue weighted by Crippen LogP contribution is 2.35. The Hall–Kier alpha value is -1.31. The van der Waals surface area contributed by atoms with Crippen LogP contribution >= 0.6 is 0 Å². The molecule has 98 valence electrons. The van der Waals surface area contributed by atoms with E-state index in [1.165, 1.54) is 18.4 Å². The van der Waals surface area contributed by atoms with E-state index in [2.05, 4.69) is 24.3 Å². The summed E-state index contributed by atoms with van der Waals surface area (Å²) in [5, 5.41) is 0. The number of hydrogen-bond acceptors (Lipinski definition) is 2. The maximum atomic E-state index is 11.7. The first-order chi connectivity index (χ1) is 8.81. The van der Waals surface area contributed by atoms with Gasteiger partial charge in [-0.1, -0.05) is 43.7 Å². The van der Waals surface area contributed by atoms with Crippen molar-refractivity contribution >= 4 is 5.97 Å². The van der Waals surface area contributed by atoms with Crippen LogP contribution in [0.1, 0.15) is 56.9 Å². The van der Waals surface area contributed by atoms with E-state index >= 15 is 0 Å². The topological polar surface area (TPSA) is 26.3 Å². The number of carbonyl (C=O) groups excluding carboxylic acids is 1. The van der Waals surface area contributed by atoms with E-state index in [0.717, 1.165) is 19.3 Å². The molecule has 0 N–H and O–H groups in total. The molecule has 1 fully saturated rings. The molecule has 0 heterocycles. The minimum absolute atomic E-state index is 0.0367. The molecule has 0 spiro atoms. The fourth-order valence-electron chi connectivity index (χ4n) is 2.75. The van der Waals surface area contributed by atoms with E-state index in [-0.39, 0.29) is 12.1 Å². The summed E-state index contributed by atoms with van der Waals surface area (Å²) in [4.78, 5) is 11.7. The van der Waals surface area contributed by atoms with Crippen molar-refractivity contribution in [1.82, 2.24) is 0 Å². The largest absolute Gasteiger partial charge is 0.462 e. The van der Waals surface area contributed by atoms with Gasteiger partial charge in [-0.25, -0.2) is 0 Å². The van der Waals surface area contributed by atoms with Crippen LogP contribution in [0.3, 0.4) is 0 Å². The monoisotopic (exact) mass is 246 g/mol. The summed E-state index contributed by atoms with van der Waals surface area (Å²) in [6.07, 6.45) is 6.04. The van der Waals surface area contributed by atoms with Gasteiger partial charge in [-0.2, -0.15) is 0 Å². The molecule has 0 bridgehead atoms. The Bertz CT molecular complexity index is 372. The first-order valence-corrected chi connectivity index (χ1v) is 7.05. The van der Waals surface area contributed by atoms with Crippen molar-refractivity contribution in [3.05, 3.63) is 35.9 Å². The van der Waals surface area contributed by atoms with E-state index in [1.54, 1.807) is 0 Å². The summed E-state index contributed by atoms with van der Waals surface area (Å²) < 4.78 is 5.66. The molecule has 1 aliphatic rings. The van der Waals surface area contributed by atoms with Gasteiger partial charge < -0.3 is 4.74 Å². The molecule has 0 aliphatic heterocycles. The van der Waals surface area contributed by atoms with Crippen LogP contribution in [0.25, 0.3) is 0 Å². The number of ether oxygens (including phenoxy) is 1. The predicted molar refractivity (Wildman–Crippen MR) is 72.4 cm³/mol. The Morgan fingerprint density at radius 2 is 1.94 bits per heavy atom.